The number of carbonyl (C=O) groups is 1. The van der Waals surface area contributed by atoms with Crippen LogP contribution in [0.4, 0.5) is 5.69 Å². The Morgan fingerprint density at radius 2 is 1.75 bits per heavy atom. The second kappa shape index (κ2) is 10.3. The van der Waals surface area contributed by atoms with E-state index in [0.717, 1.165) is 27.2 Å². The minimum Gasteiger partial charge on any atom is -0.325 e. The van der Waals surface area contributed by atoms with Crippen LogP contribution in [0.15, 0.2) is 81.6 Å². The van der Waals surface area contributed by atoms with Crippen LogP contribution in [0, 0.1) is 13.8 Å². The van der Waals surface area contributed by atoms with Gasteiger partial charge >= 0.3 is 0 Å². The molecular formula is C26H26N4O4S2. The van der Waals surface area contributed by atoms with Gasteiger partial charge in [0.15, 0.2) is 5.16 Å². The summed E-state index contributed by atoms with van der Waals surface area (Å²) in [5.74, 6) is -0.380. The molecule has 1 N–H and O–H groups in total. The van der Waals surface area contributed by atoms with E-state index < -0.39 is 10.0 Å². The third-order valence-electron chi connectivity index (χ3n) is 5.79. The molecule has 0 aliphatic heterocycles. The number of benzene rings is 3. The molecule has 0 unspecified atom stereocenters. The van der Waals surface area contributed by atoms with Crippen molar-refractivity contribution in [3.63, 3.8) is 0 Å². The van der Waals surface area contributed by atoms with Gasteiger partial charge in [-0.3, -0.25) is 14.2 Å². The summed E-state index contributed by atoms with van der Waals surface area (Å²) in [4.78, 5) is 31.0. The number of hydrogen-bond donors (Lipinski definition) is 1. The molecule has 0 fully saturated rings. The third-order valence-corrected chi connectivity index (χ3v) is 8.54. The first-order valence-corrected chi connectivity index (χ1v) is 13.6. The highest BCUT2D eigenvalue weighted by Crippen LogP contribution is 2.25. The van der Waals surface area contributed by atoms with Crippen LogP contribution in [-0.4, -0.2) is 48.0 Å². The van der Waals surface area contributed by atoms with Crippen LogP contribution in [0.25, 0.3) is 16.6 Å². The monoisotopic (exact) mass is 522 g/mol. The molecule has 0 atom stereocenters. The molecule has 1 aromatic heterocycles. The van der Waals surface area contributed by atoms with Crippen molar-refractivity contribution in [1.29, 1.82) is 0 Å². The topological polar surface area (TPSA) is 101 Å². The molecule has 36 heavy (non-hydrogen) atoms. The molecular weight excluding hydrogens is 496 g/mol. The summed E-state index contributed by atoms with van der Waals surface area (Å²) < 4.78 is 27.5. The van der Waals surface area contributed by atoms with Gasteiger partial charge in [-0.1, -0.05) is 42.1 Å². The number of fused-ring (bicyclic) bond motifs is 1. The Labute approximate surface area is 214 Å². The van der Waals surface area contributed by atoms with Crippen molar-refractivity contribution in [2.24, 2.45) is 0 Å². The first-order chi connectivity index (χ1) is 17.1. The number of nitrogens with zero attached hydrogens (tertiary/aromatic N) is 3. The molecule has 1 heterocycles. The number of amides is 1. The van der Waals surface area contributed by atoms with E-state index in [-0.39, 0.29) is 22.1 Å². The van der Waals surface area contributed by atoms with E-state index in [9.17, 15) is 18.0 Å². The van der Waals surface area contributed by atoms with Gasteiger partial charge in [0.2, 0.25) is 15.9 Å². The molecule has 0 aliphatic carbocycles. The largest absolute Gasteiger partial charge is 0.325 e. The van der Waals surface area contributed by atoms with Crippen molar-refractivity contribution in [2.75, 3.05) is 25.2 Å². The van der Waals surface area contributed by atoms with Gasteiger partial charge in [-0.2, -0.15) is 0 Å². The van der Waals surface area contributed by atoms with Crippen LogP contribution >= 0.6 is 11.8 Å². The Morgan fingerprint density at radius 3 is 2.50 bits per heavy atom. The van der Waals surface area contributed by atoms with Crippen LogP contribution in [-0.2, 0) is 14.8 Å². The number of para-hydroxylation sites is 1. The molecule has 0 spiro atoms. The zero-order valence-electron chi connectivity index (χ0n) is 20.3. The highest BCUT2D eigenvalue weighted by molar-refractivity contribution is 7.99. The minimum absolute atomic E-state index is 0.0275. The lowest BCUT2D eigenvalue weighted by Gasteiger charge is -2.16. The quantitative estimate of drug-likeness (QED) is 0.291. The van der Waals surface area contributed by atoms with Crippen LogP contribution in [0.2, 0.25) is 0 Å². The second-order valence-electron chi connectivity index (χ2n) is 8.42. The summed E-state index contributed by atoms with van der Waals surface area (Å²) in [5.41, 5.74) is 3.40. The number of carbonyl (C=O) groups excluding carboxylic acids is 1. The number of rotatable bonds is 7. The van der Waals surface area contributed by atoms with Crippen LogP contribution in [0.5, 0.6) is 0 Å². The van der Waals surface area contributed by atoms with Crippen molar-refractivity contribution in [2.45, 2.75) is 23.9 Å². The fourth-order valence-electron chi connectivity index (χ4n) is 3.67. The van der Waals surface area contributed by atoms with E-state index in [0.29, 0.717) is 27.4 Å². The smallest absolute Gasteiger partial charge is 0.266 e. The number of aryl methyl sites for hydroxylation is 1. The van der Waals surface area contributed by atoms with Gasteiger partial charge in [0.25, 0.3) is 5.56 Å². The van der Waals surface area contributed by atoms with Gasteiger partial charge in [-0.15, -0.1) is 0 Å². The van der Waals surface area contributed by atoms with Crippen LogP contribution < -0.4 is 10.9 Å². The van der Waals surface area contributed by atoms with Crippen LogP contribution in [0.3, 0.4) is 0 Å². The first-order valence-electron chi connectivity index (χ1n) is 11.1. The Morgan fingerprint density at radius 1 is 1.03 bits per heavy atom. The molecule has 0 saturated heterocycles. The molecule has 1 amide bonds. The predicted molar refractivity (Wildman–Crippen MR) is 143 cm³/mol. The maximum atomic E-state index is 13.5. The first kappa shape index (κ1) is 25.6. The van der Waals surface area contributed by atoms with Gasteiger partial charge in [-0.05, 0) is 61.4 Å². The average Bonchev–Trinajstić information content (AvgIpc) is 2.85. The minimum atomic E-state index is -3.63. The lowest BCUT2D eigenvalue weighted by atomic mass is 10.1. The third kappa shape index (κ3) is 5.06. The van der Waals surface area contributed by atoms with Crippen LogP contribution in [0.1, 0.15) is 11.1 Å². The van der Waals surface area contributed by atoms with E-state index in [4.69, 9.17) is 0 Å². The number of nitrogens with one attached hydrogen (secondary N) is 1. The molecule has 0 bridgehead atoms. The van der Waals surface area contributed by atoms with Crippen molar-refractivity contribution in [3.05, 3.63) is 88.2 Å². The summed E-state index contributed by atoms with van der Waals surface area (Å²) in [7, 11) is -0.736. The van der Waals surface area contributed by atoms with Crippen molar-refractivity contribution >= 4 is 44.3 Å². The highest BCUT2D eigenvalue weighted by Gasteiger charge is 2.19. The standard InChI is InChI=1S/C26H26N4O4S2/c1-17-9-7-14-23(18(17)2)30-25(32)21-12-5-6-13-22(21)28-26(30)35-16-24(31)27-19-10-8-11-20(15-19)36(33,34)29(3)4/h5-15H,16H2,1-4H3,(H,27,31). The molecule has 10 heteroatoms. The summed E-state index contributed by atoms with van der Waals surface area (Å²) in [6.45, 7) is 3.92. The number of hydrogen-bond acceptors (Lipinski definition) is 6. The maximum Gasteiger partial charge on any atom is 0.266 e. The zero-order chi connectivity index (χ0) is 26.0. The lowest BCUT2D eigenvalue weighted by molar-refractivity contribution is -0.113. The van der Waals surface area contributed by atoms with E-state index in [2.05, 4.69) is 10.3 Å². The second-order valence-corrected chi connectivity index (χ2v) is 11.5. The SMILES string of the molecule is Cc1cccc(-n2c(SCC(=O)Nc3cccc(S(=O)(=O)N(C)C)c3)nc3ccccc3c2=O)c1C. The molecule has 3 aromatic carbocycles. The zero-order valence-corrected chi connectivity index (χ0v) is 22.0. The fraction of sp³-hybridized carbons (Fsp3) is 0.192. The van der Waals surface area contributed by atoms with Gasteiger partial charge in [0.05, 0.1) is 27.2 Å². The van der Waals surface area contributed by atoms with Gasteiger partial charge in [0, 0.05) is 19.8 Å². The lowest BCUT2D eigenvalue weighted by Crippen LogP contribution is -2.24. The summed E-state index contributed by atoms with van der Waals surface area (Å²) in [6, 6.07) is 18.9. The highest BCUT2D eigenvalue weighted by atomic mass is 32.2. The normalized spacial score (nSPS) is 11.7. The molecule has 4 rings (SSSR count). The number of sulfonamides is 1. The van der Waals surface area contributed by atoms with E-state index in [1.807, 2.05) is 38.1 Å². The Hall–Kier alpha value is -3.47. The van der Waals surface area contributed by atoms with Crippen molar-refractivity contribution in [1.82, 2.24) is 13.9 Å². The number of anilines is 1. The maximum absolute atomic E-state index is 13.5. The van der Waals surface area contributed by atoms with Crippen molar-refractivity contribution in [3.8, 4) is 5.69 Å². The summed E-state index contributed by atoms with van der Waals surface area (Å²) in [6.07, 6.45) is 0. The Balaban J connectivity index is 1.65. The Bertz CT molecular complexity index is 1630. The summed E-state index contributed by atoms with van der Waals surface area (Å²) in [5, 5.41) is 3.62. The van der Waals surface area contributed by atoms with Gasteiger partial charge in [-0.25, -0.2) is 17.7 Å². The fourth-order valence-corrected chi connectivity index (χ4v) is 5.43. The molecule has 4 aromatic rings. The van der Waals surface area contributed by atoms with E-state index in [1.54, 1.807) is 34.9 Å². The Kier molecular flexibility index (Phi) is 7.30. The molecule has 0 radical (unpaired) electrons. The average molecular weight is 523 g/mol. The van der Waals surface area contributed by atoms with E-state index in [1.165, 1.54) is 26.2 Å². The van der Waals surface area contributed by atoms with Gasteiger partial charge < -0.3 is 5.32 Å². The van der Waals surface area contributed by atoms with Crippen molar-refractivity contribution < 1.29 is 13.2 Å². The molecule has 8 nitrogen and oxygen atoms in total. The van der Waals surface area contributed by atoms with E-state index >= 15 is 0 Å². The predicted octanol–water partition coefficient (Wildman–Crippen LogP) is 3.98. The number of aromatic nitrogens is 2. The molecule has 0 saturated carbocycles. The van der Waals surface area contributed by atoms with Gasteiger partial charge in [0.1, 0.15) is 0 Å². The number of thioether (sulfide) groups is 1. The summed E-state index contributed by atoms with van der Waals surface area (Å²) >= 11 is 1.14. The molecule has 0 aliphatic rings. The molecule has 186 valence electrons.